The molecule has 0 saturated carbocycles. The van der Waals surface area contributed by atoms with Crippen molar-refractivity contribution in [1.82, 2.24) is 4.98 Å². The van der Waals surface area contributed by atoms with Crippen LogP contribution in [-0.4, -0.2) is 29.8 Å². The molecule has 1 amide bonds. The quantitative estimate of drug-likeness (QED) is 0.580. The average Bonchev–Trinajstić information content (AvgIpc) is 2.70. The van der Waals surface area contributed by atoms with Crippen LogP contribution in [0.4, 0.5) is 16.3 Å². The fraction of sp³-hybridized carbons (Fsp3) is 0.261. The zero-order valence-electron chi connectivity index (χ0n) is 17.5. The first-order valence-corrected chi connectivity index (χ1v) is 9.56. The number of aromatic nitrogens is 1. The van der Waals surface area contributed by atoms with E-state index in [0.717, 1.165) is 16.5 Å². The largest absolute Gasteiger partial charge is 0.465 e. The summed E-state index contributed by atoms with van der Waals surface area (Å²) in [6.45, 7) is 5.91. The van der Waals surface area contributed by atoms with Crippen LogP contribution in [0.5, 0.6) is 0 Å². The van der Waals surface area contributed by atoms with E-state index in [2.05, 4.69) is 15.6 Å². The van der Waals surface area contributed by atoms with Gasteiger partial charge in [-0.1, -0.05) is 24.3 Å². The fourth-order valence-corrected chi connectivity index (χ4v) is 2.87. The molecule has 30 heavy (non-hydrogen) atoms. The summed E-state index contributed by atoms with van der Waals surface area (Å²) in [6.07, 6.45) is -0.549. The topological polar surface area (TPSA) is 89.6 Å². The molecule has 0 spiro atoms. The van der Waals surface area contributed by atoms with Crippen molar-refractivity contribution >= 4 is 34.5 Å². The smallest absolute Gasteiger partial charge is 0.413 e. The van der Waals surface area contributed by atoms with Crippen molar-refractivity contribution < 1.29 is 19.1 Å². The monoisotopic (exact) mass is 407 g/mol. The van der Waals surface area contributed by atoms with Gasteiger partial charge in [-0.05, 0) is 56.7 Å². The Labute approximate surface area is 175 Å². The maximum atomic E-state index is 12.0. The Balaban J connectivity index is 1.75. The summed E-state index contributed by atoms with van der Waals surface area (Å²) >= 11 is 0. The van der Waals surface area contributed by atoms with E-state index in [1.54, 1.807) is 39.0 Å². The number of para-hydroxylation sites is 1. The first-order valence-electron chi connectivity index (χ1n) is 9.56. The van der Waals surface area contributed by atoms with Gasteiger partial charge in [-0.3, -0.25) is 5.32 Å². The van der Waals surface area contributed by atoms with Crippen molar-refractivity contribution in [1.29, 1.82) is 0 Å². The van der Waals surface area contributed by atoms with Gasteiger partial charge in [-0.15, -0.1) is 0 Å². The highest BCUT2D eigenvalue weighted by atomic mass is 16.6. The third kappa shape index (κ3) is 5.47. The molecule has 0 bridgehead atoms. The van der Waals surface area contributed by atoms with Crippen LogP contribution in [0.2, 0.25) is 0 Å². The van der Waals surface area contributed by atoms with E-state index in [9.17, 15) is 9.59 Å². The number of carbonyl (C=O) groups excluding carboxylic acids is 2. The predicted octanol–water partition coefficient (Wildman–Crippen LogP) is 4.98. The molecule has 0 fully saturated rings. The van der Waals surface area contributed by atoms with Gasteiger partial charge in [0.1, 0.15) is 11.4 Å². The Hall–Kier alpha value is -3.61. The Morgan fingerprint density at radius 1 is 1.03 bits per heavy atom. The van der Waals surface area contributed by atoms with Crippen molar-refractivity contribution in [2.24, 2.45) is 0 Å². The first-order chi connectivity index (χ1) is 14.2. The van der Waals surface area contributed by atoms with Crippen molar-refractivity contribution in [2.75, 3.05) is 17.7 Å². The first kappa shape index (κ1) is 21.1. The number of anilines is 2. The number of fused-ring (bicyclic) bond motifs is 1. The third-order valence-corrected chi connectivity index (χ3v) is 4.20. The van der Waals surface area contributed by atoms with Crippen molar-refractivity contribution in [3.63, 3.8) is 0 Å². The second-order valence-electron chi connectivity index (χ2n) is 7.74. The summed E-state index contributed by atoms with van der Waals surface area (Å²) in [7, 11) is 1.36. The van der Waals surface area contributed by atoms with Crippen LogP contribution in [0, 0.1) is 0 Å². The number of benzene rings is 2. The Bertz CT molecular complexity index is 1070. The number of nitrogens with zero attached hydrogens (tertiary/aromatic N) is 1. The lowest BCUT2D eigenvalue weighted by Crippen LogP contribution is -2.27. The van der Waals surface area contributed by atoms with Gasteiger partial charge >= 0.3 is 12.1 Å². The number of hydrogen-bond acceptors (Lipinski definition) is 6. The van der Waals surface area contributed by atoms with Crippen LogP contribution < -0.4 is 10.6 Å². The van der Waals surface area contributed by atoms with Gasteiger partial charge in [-0.2, -0.15) is 0 Å². The summed E-state index contributed by atoms with van der Waals surface area (Å²) in [6, 6.07) is 16.7. The third-order valence-electron chi connectivity index (χ3n) is 4.20. The molecule has 0 unspecified atom stereocenters. The molecule has 3 aromatic rings. The lowest BCUT2D eigenvalue weighted by molar-refractivity contribution is 0.0599. The summed E-state index contributed by atoms with van der Waals surface area (Å²) in [5.41, 5.74) is 2.30. The Morgan fingerprint density at radius 2 is 1.77 bits per heavy atom. The number of ether oxygens (including phenoxy) is 2. The van der Waals surface area contributed by atoms with E-state index in [-0.39, 0.29) is 0 Å². The lowest BCUT2D eigenvalue weighted by Gasteiger charge is -2.19. The molecular formula is C23H25N3O4. The van der Waals surface area contributed by atoms with Crippen LogP contribution in [0.1, 0.15) is 36.7 Å². The van der Waals surface area contributed by atoms with E-state index in [1.807, 2.05) is 36.4 Å². The maximum Gasteiger partial charge on any atom is 0.413 e. The van der Waals surface area contributed by atoms with E-state index >= 15 is 0 Å². The Kier molecular flexibility index (Phi) is 6.20. The number of carbonyl (C=O) groups is 2. The molecule has 1 heterocycles. The maximum absolute atomic E-state index is 12.0. The standard InChI is InChI=1S/C23H25N3O4/c1-23(2,3)30-22(28)26-20-12-11-16-10-9-15(13-19(16)25-20)14-24-18-8-6-5-7-17(18)21(27)29-4/h5-13,24H,14H2,1-4H3,(H,25,26,28). The zero-order valence-corrected chi connectivity index (χ0v) is 17.5. The second kappa shape index (κ2) is 8.82. The van der Waals surface area contributed by atoms with Crippen LogP contribution in [0.15, 0.2) is 54.6 Å². The van der Waals surface area contributed by atoms with Gasteiger partial charge in [0.05, 0.1) is 18.2 Å². The van der Waals surface area contributed by atoms with Crippen molar-refractivity contribution in [3.05, 3.63) is 65.7 Å². The molecule has 0 radical (unpaired) electrons. The minimum atomic E-state index is -0.583. The Morgan fingerprint density at radius 3 is 2.50 bits per heavy atom. The highest BCUT2D eigenvalue weighted by Gasteiger charge is 2.16. The highest BCUT2D eigenvalue weighted by Crippen LogP contribution is 2.20. The molecule has 7 nitrogen and oxygen atoms in total. The average molecular weight is 407 g/mol. The van der Waals surface area contributed by atoms with Gasteiger partial charge in [0.25, 0.3) is 0 Å². The predicted molar refractivity (Wildman–Crippen MR) is 117 cm³/mol. The second-order valence-corrected chi connectivity index (χ2v) is 7.74. The number of amides is 1. The molecule has 0 aliphatic heterocycles. The van der Waals surface area contributed by atoms with Crippen LogP contribution >= 0.6 is 0 Å². The molecule has 0 atom stereocenters. The van der Waals surface area contributed by atoms with Crippen LogP contribution in [0.25, 0.3) is 10.9 Å². The molecule has 3 rings (SSSR count). The molecule has 2 aromatic carbocycles. The van der Waals surface area contributed by atoms with Crippen LogP contribution in [0.3, 0.4) is 0 Å². The normalized spacial score (nSPS) is 11.1. The lowest BCUT2D eigenvalue weighted by atomic mass is 10.1. The summed E-state index contributed by atoms with van der Waals surface area (Å²) in [5.74, 6) is 0.0223. The van der Waals surface area contributed by atoms with Gasteiger partial charge in [-0.25, -0.2) is 14.6 Å². The van der Waals surface area contributed by atoms with Gasteiger partial charge in [0.15, 0.2) is 0 Å². The van der Waals surface area contributed by atoms with E-state index in [1.165, 1.54) is 7.11 Å². The minimum Gasteiger partial charge on any atom is -0.465 e. The van der Waals surface area contributed by atoms with Crippen LogP contribution in [-0.2, 0) is 16.0 Å². The molecule has 2 N–H and O–H groups in total. The van der Waals surface area contributed by atoms with E-state index in [0.29, 0.717) is 23.6 Å². The zero-order chi connectivity index (χ0) is 21.7. The van der Waals surface area contributed by atoms with E-state index < -0.39 is 17.7 Å². The number of methoxy groups -OCH3 is 1. The summed E-state index contributed by atoms with van der Waals surface area (Å²) in [4.78, 5) is 28.4. The van der Waals surface area contributed by atoms with Gasteiger partial charge < -0.3 is 14.8 Å². The SMILES string of the molecule is COC(=O)c1ccccc1NCc1ccc2ccc(NC(=O)OC(C)(C)C)nc2c1. The van der Waals surface area contributed by atoms with Crippen molar-refractivity contribution in [2.45, 2.75) is 32.9 Å². The number of hydrogen-bond donors (Lipinski definition) is 2. The molecule has 156 valence electrons. The number of nitrogens with one attached hydrogen (secondary N) is 2. The molecule has 1 aromatic heterocycles. The summed E-state index contributed by atoms with van der Waals surface area (Å²) < 4.78 is 10.1. The van der Waals surface area contributed by atoms with Gasteiger partial charge in [0, 0.05) is 17.6 Å². The number of pyridine rings is 1. The van der Waals surface area contributed by atoms with Crippen molar-refractivity contribution in [3.8, 4) is 0 Å². The molecule has 0 aliphatic carbocycles. The molecular weight excluding hydrogens is 382 g/mol. The summed E-state index contributed by atoms with van der Waals surface area (Å²) in [5, 5.41) is 6.87. The minimum absolute atomic E-state index is 0.392. The van der Waals surface area contributed by atoms with E-state index in [4.69, 9.17) is 9.47 Å². The fourth-order valence-electron chi connectivity index (χ4n) is 2.87. The van der Waals surface area contributed by atoms with Gasteiger partial charge in [0.2, 0.25) is 0 Å². The molecule has 7 heteroatoms. The molecule has 0 saturated heterocycles. The number of esters is 1. The number of rotatable bonds is 5. The highest BCUT2D eigenvalue weighted by molar-refractivity contribution is 5.95. The molecule has 0 aliphatic rings.